The number of aromatic amines is 1. The van der Waals surface area contributed by atoms with E-state index < -0.39 is 5.91 Å². The van der Waals surface area contributed by atoms with Crippen LogP contribution in [0.5, 0.6) is 11.6 Å². The number of hydrogen-bond acceptors (Lipinski definition) is 6. The lowest BCUT2D eigenvalue weighted by Crippen LogP contribution is -2.18. The lowest BCUT2D eigenvalue weighted by molar-refractivity contribution is 0.0706. The first-order valence-corrected chi connectivity index (χ1v) is 11.7. The lowest BCUT2D eigenvalue weighted by atomic mass is 10.1. The van der Waals surface area contributed by atoms with Crippen LogP contribution in [-0.2, 0) is 0 Å². The summed E-state index contributed by atoms with van der Waals surface area (Å²) < 4.78 is 11.5. The van der Waals surface area contributed by atoms with Crippen LogP contribution in [0.25, 0.3) is 27.9 Å². The second kappa shape index (κ2) is 10.8. The number of methoxy groups -OCH3 is 1. The smallest absolute Gasteiger partial charge is 0.274 e. The Kier molecular flexibility index (Phi) is 7.00. The monoisotopic (exact) mass is 494 g/mol. The molecule has 2 aromatic heterocycles. The van der Waals surface area contributed by atoms with E-state index >= 15 is 0 Å². The third-order valence-corrected chi connectivity index (χ3v) is 6.03. The van der Waals surface area contributed by atoms with Crippen LogP contribution < -0.4 is 20.3 Å². The molecule has 1 amide bonds. The maximum absolute atomic E-state index is 11.7. The zero-order chi connectivity index (χ0) is 25.6. The standard InChI is InChI=1S/C29H26N4O4/c1-36-27-14-13-22(17-31-27)30-16-20(15-19-9-11-21(12-10-19)29(34)33-35)18-37-26-8-4-6-24-23-5-2-3-7-25(23)32-28(24)26/h2-15,17,30,32,35H,16,18H2,1H3,(H,33,34). The largest absolute Gasteiger partial charge is 0.487 e. The molecule has 0 saturated heterocycles. The SMILES string of the molecule is COc1ccc(NCC(=Cc2ccc(C(=O)NO)cc2)COc2cccc3c2[nH]c2ccccc23)cn1. The Bertz CT molecular complexity index is 1560. The van der Waals surface area contributed by atoms with Gasteiger partial charge in [-0.3, -0.25) is 10.0 Å². The molecule has 3 aromatic carbocycles. The summed E-state index contributed by atoms with van der Waals surface area (Å²) in [5.74, 6) is 0.753. The summed E-state index contributed by atoms with van der Waals surface area (Å²) in [6.07, 6.45) is 3.72. The minimum atomic E-state index is -0.556. The second-order valence-corrected chi connectivity index (χ2v) is 8.45. The first-order valence-electron chi connectivity index (χ1n) is 11.7. The molecule has 37 heavy (non-hydrogen) atoms. The Balaban J connectivity index is 1.39. The number of hydrogen-bond donors (Lipinski definition) is 4. The molecule has 8 nitrogen and oxygen atoms in total. The quantitative estimate of drug-likeness (QED) is 0.161. The van der Waals surface area contributed by atoms with E-state index in [4.69, 9.17) is 14.7 Å². The van der Waals surface area contributed by atoms with Gasteiger partial charge in [0, 0.05) is 34.5 Å². The predicted octanol–water partition coefficient (Wildman–Crippen LogP) is 5.42. The first-order chi connectivity index (χ1) is 18.1. The number of nitrogens with one attached hydrogen (secondary N) is 3. The number of amides is 1. The fourth-order valence-electron chi connectivity index (χ4n) is 4.13. The van der Waals surface area contributed by atoms with E-state index in [1.807, 2.05) is 48.5 Å². The number of pyridine rings is 1. The number of fused-ring (bicyclic) bond motifs is 3. The highest BCUT2D eigenvalue weighted by Gasteiger charge is 2.10. The number of H-pyrrole nitrogens is 1. The number of ether oxygens (including phenoxy) is 2. The van der Waals surface area contributed by atoms with Crippen molar-refractivity contribution in [3.8, 4) is 11.6 Å². The molecule has 0 fully saturated rings. The van der Waals surface area contributed by atoms with Gasteiger partial charge in [-0.1, -0.05) is 48.5 Å². The number of nitrogens with zero attached hydrogens (tertiary/aromatic N) is 1. The summed E-state index contributed by atoms with van der Waals surface area (Å²) in [5, 5.41) is 14.5. The highest BCUT2D eigenvalue weighted by atomic mass is 16.5. The van der Waals surface area contributed by atoms with Crippen LogP contribution >= 0.6 is 0 Å². The van der Waals surface area contributed by atoms with Crippen molar-refractivity contribution < 1.29 is 19.5 Å². The summed E-state index contributed by atoms with van der Waals surface area (Å²) in [7, 11) is 1.58. The number of carbonyl (C=O) groups is 1. The Morgan fingerprint density at radius 3 is 2.57 bits per heavy atom. The molecule has 0 radical (unpaired) electrons. The molecular weight excluding hydrogens is 468 g/mol. The van der Waals surface area contributed by atoms with E-state index in [9.17, 15) is 4.79 Å². The van der Waals surface area contributed by atoms with E-state index in [1.165, 1.54) is 0 Å². The highest BCUT2D eigenvalue weighted by molar-refractivity contribution is 6.09. The first kappa shape index (κ1) is 23.9. The summed E-state index contributed by atoms with van der Waals surface area (Å²) >= 11 is 0. The molecule has 186 valence electrons. The van der Waals surface area contributed by atoms with Crippen molar-refractivity contribution in [1.29, 1.82) is 0 Å². The van der Waals surface area contributed by atoms with Crippen molar-refractivity contribution in [3.63, 3.8) is 0 Å². The van der Waals surface area contributed by atoms with Gasteiger partial charge in [0.15, 0.2) is 0 Å². The number of carbonyl (C=O) groups excluding carboxylic acids is 1. The third-order valence-electron chi connectivity index (χ3n) is 6.03. The number of aromatic nitrogens is 2. The number of rotatable bonds is 9. The third kappa shape index (κ3) is 5.39. The van der Waals surface area contributed by atoms with Crippen molar-refractivity contribution in [1.82, 2.24) is 15.4 Å². The zero-order valence-electron chi connectivity index (χ0n) is 20.2. The molecule has 0 bridgehead atoms. The van der Waals surface area contributed by atoms with Gasteiger partial charge < -0.3 is 19.8 Å². The predicted molar refractivity (Wildman–Crippen MR) is 144 cm³/mol. The molecule has 0 aliphatic carbocycles. The van der Waals surface area contributed by atoms with Crippen LogP contribution in [-0.4, -0.2) is 41.3 Å². The van der Waals surface area contributed by atoms with Crippen LogP contribution in [0.2, 0.25) is 0 Å². The molecule has 0 aliphatic rings. The molecule has 4 N–H and O–H groups in total. The fourth-order valence-corrected chi connectivity index (χ4v) is 4.13. The minimum Gasteiger partial charge on any atom is -0.487 e. The number of hydroxylamine groups is 1. The molecule has 5 rings (SSSR count). The van der Waals surface area contributed by atoms with Crippen LogP contribution in [0.4, 0.5) is 5.69 Å². The van der Waals surface area contributed by atoms with Gasteiger partial charge in [-0.25, -0.2) is 10.5 Å². The van der Waals surface area contributed by atoms with Crippen LogP contribution in [0.15, 0.2) is 90.6 Å². The average Bonchev–Trinajstić information content (AvgIpc) is 3.34. The Hall–Kier alpha value is -4.82. The van der Waals surface area contributed by atoms with Gasteiger partial charge in [0.1, 0.15) is 12.4 Å². The Morgan fingerprint density at radius 2 is 1.81 bits per heavy atom. The summed E-state index contributed by atoms with van der Waals surface area (Å²) in [4.78, 5) is 19.4. The molecule has 8 heteroatoms. The molecule has 0 saturated carbocycles. The Labute approximate surface area is 213 Å². The average molecular weight is 495 g/mol. The van der Waals surface area contributed by atoms with Crippen molar-refractivity contribution in [3.05, 3.63) is 102 Å². The van der Waals surface area contributed by atoms with Gasteiger partial charge in [0.25, 0.3) is 5.91 Å². The van der Waals surface area contributed by atoms with E-state index in [2.05, 4.69) is 33.5 Å². The molecule has 0 aliphatic heterocycles. The van der Waals surface area contributed by atoms with E-state index in [0.717, 1.165) is 44.4 Å². The van der Waals surface area contributed by atoms with Crippen LogP contribution in [0, 0.1) is 0 Å². The van der Waals surface area contributed by atoms with Crippen LogP contribution in [0.3, 0.4) is 0 Å². The van der Waals surface area contributed by atoms with E-state index in [1.54, 1.807) is 37.0 Å². The Morgan fingerprint density at radius 1 is 1.00 bits per heavy atom. The molecule has 0 spiro atoms. The lowest BCUT2D eigenvalue weighted by Gasteiger charge is -2.13. The van der Waals surface area contributed by atoms with Crippen molar-refractivity contribution in [2.45, 2.75) is 0 Å². The molecule has 2 heterocycles. The van der Waals surface area contributed by atoms with Gasteiger partial charge >= 0.3 is 0 Å². The van der Waals surface area contributed by atoms with Gasteiger partial charge in [0.05, 0.1) is 24.5 Å². The molecular formula is C29H26N4O4. The molecule has 5 aromatic rings. The number of benzene rings is 3. The minimum absolute atomic E-state index is 0.337. The maximum atomic E-state index is 11.7. The van der Waals surface area contributed by atoms with Crippen molar-refractivity contribution >= 4 is 39.5 Å². The summed E-state index contributed by atoms with van der Waals surface area (Å²) in [5.41, 5.74) is 6.75. The normalized spacial score (nSPS) is 11.5. The summed E-state index contributed by atoms with van der Waals surface area (Å²) in [6, 6.07) is 24.9. The van der Waals surface area contributed by atoms with Crippen molar-refractivity contribution in [2.75, 3.05) is 25.6 Å². The van der Waals surface area contributed by atoms with Gasteiger partial charge in [-0.2, -0.15) is 0 Å². The van der Waals surface area contributed by atoms with Crippen LogP contribution in [0.1, 0.15) is 15.9 Å². The fraction of sp³-hybridized carbons (Fsp3) is 0.103. The van der Waals surface area contributed by atoms with Gasteiger partial charge in [-0.15, -0.1) is 0 Å². The number of anilines is 1. The number of para-hydroxylation sites is 2. The maximum Gasteiger partial charge on any atom is 0.274 e. The van der Waals surface area contributed by atoms with E-state index in [-0.39, 0.29) is 0 Å². The topological polar surface area (TPSA) is 109 Å². The molecule has 0 unspecified atom stereocenters. The summed E-state index contributed by atoms with van der Waals surface area (Å²) in [6.45, 7) is 0.847. The van der Waals surface area contributed by atoms with E-state index in [0.29, 0.717) is 24.6 Å². The second-order valence-electron chi connectivity index (χ2n) is 8.45. The zero-order valence-corrected chi connectivity index (χ0v) is 20.2. The van der Waals surface area contributed by atoms with Gasteiger partial charge in [-0.05, 0) is 41.5 Å². The van der Waals surface area contributed by atoms with Gasteiger partial charge in [0.2, 0.25) is 5.88 Å². The highest BCUT2D eigenvalue weighted by Crippen LogP contribution is 2.31. The molecule has 0 atom stereocenters. The van der Waals surface area contributed by atoms with Crippen molar-refractivity contribution in [2.24, 2.45) is 0 Å².